The fraction of sp³-hybridized carbons (Fsp3) is 0.389. The summed E-state index contributed by atoms with van der Waals surface area (Å²) in [6, 6.07) is 7.45. The normalized spacial score (nSPS) is 31.4. The Labute approximate surface area is 134 Å². The van der Waals surface area contributed by atoms with Gasteiger partial charge in [-0.2, -0.15) is 10.1 Å². The quantitative estimate of drug-likeness (QED) is 0.487. The molecule has 2 amide bonds. The molecule has 1 aromatic rings. The molecule has 2 aliphatic carbocycles. The standard InChI is InChI=1S/C18H18N2O3/c1-2-23-14-6-4-3-5-13(14)10-19-20-17(21)15-11-7-8-12(9-11)16(15)18(20)22/h3-8,10-12,15-16H,2,9H2,1H3/b19-10-/t11-,12-,15-,16-/m0/s1. The van der Waals surface area contributed by atoms with Crippen LogP contribution in [-0.2, 0) is 9.59 Å². The Morgan fingerprint density at radius 2 is 1.83 bits per heavy atom. The van der Waals surface area contributed by atoms with Gasteiger partial charge in [-0.3, -0.25) is 9.59 Å². The molecule has 0 unspecified atom stereocenters. The van der Waals surface area contributed by atoms with E-state index in [2.05, 4.69) is 17.3 Å². The van der Waals surface area contributed by atoms with Crippen molar-refractivity contribution in [2.75, 3.05) is 6.61 Å². The van der Waals surface area contributed by atoms with Gasteiger partial charge in [-0.1, -0.05) is 24.3 Å². The number of carbonyl (C=O) groups is 2. The van der Waals surface area contributed by atoms with Crippen LogP contribution in [-0.4, -0.2) is 29.6 Å². The van der Waals surface area contributed by atoms with E-state index in [4.69, 9.17) is 4.74 Å². The number of rotatable bonds is 4. The zero-order valence-corrected chi connectivity index (χ0v) is 12.9. The minimum Gasteiger partial charge on any atom is -0.493 e. The molecule has 0 radical (unpaired) electrons. The van der Waals surface area contributed by atoms with Crippen LogP contribution in [0.1, 0.15) is 18.9 Å². The van der Waals surface area contributed by atoms with E-state index >= 15 is 0 Å². The van der Waals surface area contributed by atoms with Crippen LogP contribution in [0.5, 0.6) is 5.75 Å². The van der Waals surface area contributed by atoms with Gasteiger partial charge in [0.25, 0.3) is 11.8 Å². The first-order valence-electron chi connectivity index (χ1n) is 8.02. The summed E-state index contributed by atoms with van der Waals surface area (Å²) in [6.07, 6.45) is 6.62. The number of fused-ring (bicyclic) bond motifs is 5. The molecule has 3 aliphatic rings. The number of ether oxygens (including phenoxy) is 1. The van der Waals surface area contributed by atoms with E-state index in [-0.39, 0.29) is 35.5 Å². The number of imide groups is 1. The van der Waals surface area contributed by atoms with E-state index in [0.717, 1.165) is 17.0 Å². The maximum atomic E-state index is 12.5. The first-order valence-corrected chi connectivity index (χ1v) is 8.02. The van der Waals surface area contributed by atoms with Gasteiger partial charge in [-0.25, -0.2) is 0 Å². The molecule has 5 nitrogen and oxygen atoms in total. The predicted molar refractivity (Wildman–Crippen MR) is 84.8 cm³/mol. The van der Waals surface area contributed by atoms with Crippen LogP contribution in [0.25, 0.3) is 0 Å². The van der Waals surface area contributed by atoms with Crippen molar-refractivity contribution in [3.63, 3.8) is 0 Å². The SMILES string of the molecule is CCOc1ccccc1/C=N\N1C(=O)[C@@H]2[C@@H](C1=O)[C@H]1C=C[C@H]2C1. The second-order valence-electron chi connectivity index (χ2n) is 6.20. The van der Waals surface area contributed by atoms with E-state index in [9.17, 15) is 9.59 Å². The third-order valence-corrected chi connectivity index (χ3v) is 4.98. The molecule has 5 heteroatoms. The zero-order chi connectivity index (χ0) is 16.0. The molecule has 0 aromatic heterocycles. The van der Waals surface area contributed by atoms with Gasteiger partial charge in [0.2, 0.25) is 0 Å². The number of hydrogen-bond donors (Lipinski definition) is 0. The summed E-state index contributed by atoms with van der Waals surface area (Å²) < 4.78 is 5.53. The van der Waals surface area contributed by atoms with Gasteiger partial charge >= 0.3 is 0 Å². The van der Waals surface area contributed by atoms with Crippen molar-refractivity contribution in [2.45, 2.75) is 13.3 Å². The van der Waals surface area contributed by atoms with Gasteiger partial charge in [0.15, 0.2) is 0 Å². The van der Waals surface area contributed by atoms with Crippen LogP contribution in [0.3, 0.4) is 0 Å². The Morgan fingerprint density at radius 3 is 2.48 bits per heavy atom. The largest absolute Gasteiger partial charge is 0.493 e. The van der Waals surface area contributed by atoms with E-state index in [1.54, 1.807) is 0 Å². The molecule has 118 valence electrons. The van der Waals surface area contributed by atoms with Crippen LogP contribution in [0, 0.1) is 23.7 Å². The molecule has 0 N–H and O–H groups in total. The number of para-hydroxylation sites is 1. The highest BCUT2D eigenvalue weighted by molar-refractivity contribution is 6.06. The van der Waals surface area contributed by atoms with Gasteiger partial charge in [0.1, 0.15) is 5.75 Å². The van der Waals surface area contributed by atoms with Gasteiger partial charge in [-0.15, -0.1) is 0 Å². The molecule has 1 saturated heterocycles. The lowest BCUT2D eigenvalue weighted by molar-refractivity contribution is -0.140. The molecule has 1 heterocycles. The summed E-state index contributed by atoms with van der Waals surface area (Å²) in [5, 5.41) is 5.24. The highest BCUT2D eigenvalue weighted by atomic mass is 16.5. The van der Waals surface area contributed by atoms with Crippen molar-refractivity contribution in [1.29, 1.82) is 0 Å². The number of hydrogen-bond acceptors (Lipinski definition) is 4. The lowest BCUT2D eigenvalue weighted by Crippen LogP contribution is -2.28. The van der Waals surface area contributed by atoms with Gasteiger partial charge in [-0.05, 0) is 37.3 Å². The molecule has 4 atom stereocenters. The first-order chi connectivity index (χ1) is 11.2. The molecule has 23 heavy (non-hydrogen) atoms. The summed E-state index contributed by atoms with van der Waals surface area (Å²) in [5.41, 5.74) is 0.758. The number of benzene rings is 1. The van der Waals surface area contributed by atoms with Crippen molar-refractivity contribution in [3.8, 4) is 5.75 Å². The molecule has 1 aromatic carbocycles. The van der Waals surface area contributed by atoms with E-state index in [1.165, 1.54) is 6.21 Å². The van der Waals surface area contributed by atoms with Crippen molar-refractivity contribution in [3.05, 3.63) is 42.0 Å². The Hall–Kier alpha value is -2.43. The third kappa shape index (κ3) is 2.11. The van der Waals surface area contributed by atoms with E-state index in [0.29, 0.717) is 12.4 Å². The molecular formula is C18H18N2O3. The molecule has 2 fully saturated rings. The second-order valence-corrected chi connectivity index (χ2v) is 6.20. The van der Waals surface area contributed by atoms with Gasteiger partial charge < -0.3 is 4.74 Å². The third-order valence-electron chi connectivity index (χ3n) is 4.98. The van der Waals surface area contributed by atoms with E-state index in [1.807, 2.05) is 31.2 Å². The Kier molecular flexibility index (Phi) is 3.29. The van der Waals surface area contributed by atoms with Gasteiger partial charge in [0, 0.05) is 5.56 Å². The van der Waals surface area contributed by atoms with Crippen LogP contribution in [0.15, 0.2) is 41.5 Å². The van der Waals surface area contributed by atoms with Crippen LogP contribution < -0.4 is 4.74 Å². The number of hydrazone groups is 1. The molecule has 0 spiro atoms. The summed E-state index contributed by atoms with van der Waals surface area (Å²) in [4.78, 5) is 25.1. The summed E-state index contributed by atoms with van der Waals surface area (Å²) in [5.74, 6) is 0.354. The van der Waals surface area contributed by atoms with E-state index < -0.39 is 0 Å². The molecule has 1 aliphatic heterocycles. The first kappa shape index (κ1) is 14.2. The predicted octanol–water partition coefficient (Wildman–Crippen LogP) is 2.23. The topological polar surface area (TPSA) is 59.0 Å². The fourth-order valence-electron chi connectivity index (χ4n) is 3.99. The lowest BCUT2D eigenvalue weighted by Gasteiger charge is -2.13. The highest BCUT2D eigenvalue weighted by Crippen LogP contribution is 2.52. The Balaban J connectivity index is 1.58. The molecule has 2 bridgehead atoms. The van der Waals surface area contributed by atoms with Gasteiger partial charge in [0.05, 0.1) is 24.7 Å². The zero-order valence-electron chi connectivity index (χ0n) is 12.9. The fourth-order valence-corrected chi connectivity index (χ4v) is 3.99. The van der Waals surface area contributed by atoms with Crippen molar-refractivity contribution in [2.24, 2.45) is 28.8 Å². The molecule has 4 rings (SSSR count). The summed E-state index contributed by atoms with van der Waals surface area (Å²) >= 11 is 0. The monoisotopic (exact) mass is 310 g/mol. The second kappa shape index (κ2) is 5.33. The number of amides is 2. The number of carbonyl (C=O) groups excluding carboxylic acids is 2. The van der Waals surface area contributed by atoms with Crippen LogP contribution in [0.2, 0.25) is 0 Å². The molecular weight excluding hydrogens is 292 g/mol. The average molecular weight is 310 g/mol. The van der Waals surface area contributed by atoms with Crippen LogP contribution >= 0.6 is 0 Å². The number of nitrogens with zero attached hydrogens (tertiary/aromatic N) is 2. The van der Waals surface area contributed by atoms with Crippen LogP contribution in [0.4, 0.5) is 0 Å². The van der Waals surface area contributed by atoms with Crippen molar-refractivity contribution < 1.29 is 14.3 Å². The smallest absolute Gasteiger partial charge is 0.254 e. The van der Waals surface area contributed by atoms with Crippen molar-refractivity contribution >= 4 is 18.0 Å². The number of allylic oxidation sites excluding steroid dienone is 2. The lowest BCUT2D eigenvalue weighted by atomic mass is 9.85. The van der Waals surface area contributed by atoms with Crippen molar-refractivity contribution in [1.82, 2.24) is 5.01 Å². The minimum absolute atomic E-state index is 0.165. The molecule has 1 saturated carbocycles. The Morgan fingerprint density at radius 1 is 1.17 bits per heavy atom. The highest BCUT2D eigenvalue weighted by Gasteiger charge is 2.59. The Bertz CT molecular complexity index is 695. The average Bonchev–Trinajstić information content (AvgIpc) is 3.22. The minimum atomic E-state index is -0.211. The summed E-state index contributed by atoms with van der Waals surface area (Å²) in [6.45, 7) is 2.46. The summed E-state index contributed by atoms with van der Waals surface area (Å²) in [7, 11) is 0. The maximum absolute atomic E-state index is 12.5. The maximum Gasteiger partial charge on any atom is 0.254 e.